The van der Waals surface area contributed by atoms with Gasteiger partial charge in [-0.15, -0.1) is 0 Å². The maximum atomic E-state index is 6.02. The summed E-state index contributed by atoms with van der Waals surface area (Å²) in [4.78, 5) is 2.43. The lowest BCUT2D eigenvalue weighted by atomic mass is 9.76. The zero-order valence-electron chi connectivity index (χ0n) is 13.8. The molecule has 0 saturated heterocycles. The minimum absolute atomic E-state index is 0.378. The van der Waals surface area contributed by atoms with Crippen LogP contribution in [-0.2, 0) is 12.8 Å². The standard InChI is InChI=1S/C19H22N2O2/c1-21-7-6-11-10-16(22-2)19(23-3)18-14-5-4-13(20)8-12(14)9-15(21)17(11)18/h4-5,8,10,15H,6-7,9,20H2,1-3H3. The summed E-state index contributed by atoms with van der Waals surface area (Å²) in [6, 6.07) is 8.71. The maximum Gasteiger partial charge on any atom is 0.168 e. The third-order valence-corrected chi connectivity index (χ3v) is 5.21. The van der Waals surface area contributed by atoms with E-state index in [1.54, 1.807) is 14.2 Å². The van der Waals surface area contributed by atoms with Gasteiger partial charge in [0.1, 0.15) is 0 Å². The van der Waals surface area contributed by atoms with Gasteiger partial charge in [-0.3, -0.25) is 4.90 Å². The van der Waals surface area contributed by atoms with E-state index in [1.165, 1.54) is 27.8 Å². The summed E-state index contributed by atoms with van der Waals surface area (Å²) in [5.41, 5.74) is 13.3. The van der Waals surface area contributed by atoms with E-state index < -0.39 is 0 Å². The maximum absolute atomic E-state index is 6.02. The summed E-state index contributed by atoms with van der Waals surface area (Å²) in [7, 11) is 5.62. The molecule has 1 aliphatic carbocycles. The van der Waals surface area contributed by atoms with Crippen molar-refractivity contribution in [2.45, 2.75) is 18.9 Å². The third kappa shape index (κ3) is 2.01. The molecular weight excluding hydrogens is 288 g/mol. The van der Waals surface area contributed by atoms with Crippen molar-refractivity contribution in [2.75, 3.05) is 33.5 Å². The second-order valence-electron chi connectivity index (χ2n) is 6.43. The Hall–Kier alpha value is -2.20. The number of nitrogens with zero attached hydrogens (tertiary/aromatic N) is 1. The largest absolute Gasteiger partial charge is 0.493 e. The molecule has 120 valence electrons. The Labute approximate surface area is 136 Å². The average Bonchev–Trinajstić information content (AvgIpc) is 2.56. The van der Waals surface area contributed by atoms with Crippen molar-refractivity contribution in [2.24, 2.45) is 0 Å². The van der Waals surface area contributed by atoms with Crippen LogP contribution in [0.25, 0.3) is 11.1 Å². The summed E-state index contributed by atoms with van der Waals surface area (Å²) in [5.74, 6) is 1.64. The number of rotatable bonds is 2. The highest BCUT2D eigenvalue weighted by atomic mass is 16.5. The number of fused-ring (bicyclic) bond motifs is 2. The van der Waals surface area contributed by atoms with Crippen LogP contribution in [0.3, 0.4) is 0 Å². The molecule has 2 aliphatic rings. The number of hydrogen-bond acceptors (Lipinski definition) is 4. The molecule has 0 saturated carbocycles. The molecule has 1 atom stereocenters. The number of benzene rings is 2. The number of nitrogen functional groups attached to an aromatic ring is 1. The molecule has 2 aromatic rings. The fraction of sp³-hybridized carbons (Fsp3) is 0.368. The number of likely N-dealkylation sites (N-methyl/N-ethyl adjacent to an activating group) is 1. The van der Waals surface area contributed by atoms with Gasteiger partial charge in [0.15, 0.2) is 11.5 Å². The van der Waals surface area contributed by atoms with Crippen molar-refractivity contribution in [1.82, 2.24) is 4.90 Å². The molecule has 0 spiro atoms. The topological polar surface area (TPSA) is 47.7 Å². The smallest absolute Gasteiger partial charge is 0.168 e. The van der Waals surface area contributed by atoms with Crippen molar-refractivity contribution in [1.29, 1.82) is 0 Å². The SMILES string of the molecule is COc1cc2c3c(c1OC)-c1ccc(N)cc1CC3N(C)CC2. The Balaban J connectivity index is 2.08. The van der Waals surface area contributed by atoms with E-state index in [0.29, 0.717) is 6.04 Å². The van der Waals surface area contributed by atoms with Gasteiger partial charge in [-0.1, -0.05) is 6.07 Å². The molecule has 0 fully saturated rings. The molecule has 0 aromatic heterocycles. The lowest BCUT2D eigenvalue weighted by Gasteiger charge is -2.40. The summed E-state index contributed by atoms with van der Waals surface area (Å²) < 4.78 is 11.4. The molecule has 4 heteroatoms. The molecule has 4 rings (SSSR count). The van der Waals surface area contributed by atoms with Gasteiger partial charge in [-0.25, -0.2) is 0 Å². The first kappa shape index (κ1) is 14.4. The molecule has 0 radical (unpaired) electrons. The van der Waals surface area contributed by atoms with Crippen LogP contribution in [0.15, 0.2) is 24.3 Å². The summed E-state index contributed by atoms with van der Waals surface area (Å²) >= 11 is 0. The van der Waals surface area contributed by atoms with Gasteiger partial charge in [0.25, 0.3) is 0 Å². The van der Waals surface area contributed by atoms with Crippen molar-refractivity contribution < 1.29 is 9.47 Å². The van der Waals surface area contributed by atoms with E-state index >= 15 is 0 Å². The van der Waals surface area contributed by atoms with Crippen molar-refractivity contribution in [3.63, 3.8) is 0 Å². The minimum Gasteiger partial charge on any atom is -0.493 e. The predicted molar refractivity (Wildman–Crippen MR) is 92.2 cm³/mol. The monoisotopic (exact) mass is 310 g/mol. The number of nitrogens with two attached hydrogens (primary N) is 1. The van der Waals surface area contributed by atoms with Crippen LogP contribution in [0.5, 0.6) is 11.5 Å². The highest BCUT2D eigenvalue weighted by molar-refractivity contribution is 5.84. The van der Waals surface area contributed by atoms with Crippen LogP contribution in [-0.4, -0.2) is 32.7 Å². The van der Waals surface area contributed by atoms with Crippen LogP contribution >= 0.6 is 0 Å². The van der Waals surface area contributed by atoms with E-state index in [2.05, 4.69) is 30.1 Å². The third-order valence-electron chi connectivity index (χ3n) is 5.21. The molecule has 4 nitrogen and oxygen atoms in total. The highest BCUT2D eigenvalue weighted by Gasteiger charge is 2.36. The van der Waals surface area contributed by atoms with Crippen LogP contribution in [0, 0.1) is 0 Å². The summed E-state index contributed by atoms with van der Waals surface area (Å²) in [5, 5.41) is 0. The zero-order chi connectivity index (χ0) is 16.1. The van der Waals surface area contributed by atoms with Crippen LogP contribution in [0.4, 0.5) is 5.69 Å². The van der Waals surface area contributed by atoms with Crippen LogP contribution < -0.4 is 15.2 Å². The fourth-order valence-corrected chi connectivity index (χ4v) is 4.08. The molecule has 1 aliphatic heterocycles. The normalized spacial score (nSPS) is 19.0. The fourth-order valence-electron chi connectivity index (χ4n) is 4.08. The first-order valence-corrected chi connectivity index (χ1v) is 8.00. The molecule has 0 amide bonds. The second kappa shape index (κ2) is 5.17. The predicted octanol–water partition coefficient (Wildman–Crippen LogP) is 3.04. The Morgan fingerprint density at radius 3 is 2.70 bits per heavy atom. The Kier molecular flexibility index (Phi) is 3.23. The quantitative estimate of drug-likeness (QED) is 0.866. The molecule has 2 aromatic carbocycles. The minimum atomic E-state index is 0.378. The lowest BCUT2D eigenvalue weighted by Crippen LogP contribution is -2.35. The molecule has 1 heterocycles. The summed E-state index contributed by atoms with van der Waals surface area (Å²) in [6.07, 6.45) is 2.03. The van der Waals surface area contributed by atoms with Crippen molar-refractivity contribution in [3.8, 4) is 22.6 Å². The zero-order valence-corrected chi connectivity index (χ0v) is 13.8. The van der Waals surface area contributed by atoms with E-state index in [4.69, 9.17) is 15.2 Å². The van der Waals surface area contributed by atoms with Gasteiger partial charge in [0.05, 0.1) is 14.2 Å². The average molecular weight is 310 g/mol. The first-order chi connectivity index (χ1) is 11.1. The Bertz CT molecular complexity index is 785. The molecular formula is C19H22N2O2. The molecule has 23 heavy (non-hydrogen) atoms. The van der Waals surface area contributed by atoms with Crippen molar-refractivity contribution in [3.05, 3.63) is 41.0 Å². The lowest BCUT2D eigenvalue weighted by molar-refractivity contribution is 0.226. The van der Waals surface area contributed by atoms with E-state index in [9.17, 15) is 0 Å². The second-order valence-corrected chi connectivity index (χ2v) is 6.43. The number of anilines is 1. The highest BCUT2D eigenvalue weighted by Crippen LogP contribution is 2.52. The van der Waals surface area contributed by atoms with E-state index in [0.717, 1.165) is 36.6 Å². The molecule has 1 unspecified atom stereocenters. The van der Waals surface area contributed by atoms with Crippen molar-refractivity contribution >= 4 is 5.69 Å². The Morgan fingerprint density at radius 1 is 1.13 bits per heavy atom. The number of hydrogen-bond donors (Lipinski definition) is 1. The van der Waals surface area contributed by atoms with Gasteiger partial charge in [-0.2, -0.15) is 0 Å². The van der Waals surface area contributed by atoms with Gasteiger partial charge >= 0.3 is 0 Å². The van der Waals surface area contributed by atoms with Gasteiger partial charge in [0, 0.05) is 23.8 Å². The Morgan fingerprint density at radius 2 is 1.96 bits per heavy atom. The van der Waals surface area contributed by atoms with E-state index in [-0.39, 0.29) is 0 Å². The number of ether oxygens (including phenoxy) is 2. The first-order valence-electron chi connectivity index (χ1n) is 8.00. The van der Waals surface area contributed by atoms with Gasteiger partial charge in [0.2, 0.25) is 0 Å². The number of methoxy groups -OCH3 is 2. The molecule has 2 N–H and O–H groups in total. The van der Waals surface area contributed by atoms with E-state index in [1.807, 2.05) is 6.07 Å². The summed E-state index contributed by atoms with van der Waals surface area (Å²) in [6.45, 7) is 1.06. The molecule has 0 bridgehead atoms. The van der Waals surface area contributed by atoms with Crippen LogP contribution in [0.2, 0.25) is 0 Å². The van der Waals surface area contributed by atoms with Gasteiger partial charge < -0.3 is 15.2 Å². The van der Waals surface area contributed by atoms with Gasteiger partial charge in [-0.05, 0) is 60.3 Å². The van der Waals surface area contributed by atoms with Crippen LogP contribution in [0.1, 0.15) is 22.7 Å².